The van der Waals surface area contributed by atoms with Crippen molar-refractivity contribution >= 4 is 23.4 Å². The Morgan fingerprint density at radius 2 is 1.62 bits per heavy atom. The summed E-state index contributed by atoms with van der Waals surface area (Å²) < 4.78 is 16.4. The van der Waals surface area contributed by atoms with E-state index in [9.17, 15) is 14.4 Å². The highest BCUT2D eigenvalue weighted by atomic mass is 16.5. The van der Waals surface area contributed by atoms with Crippen molar-refractivity contribution in [3.63, 3.8) is 0 Å². The lowest BCUT2D eigenvalue weighted by molar-refractivity contribution is -0.153. The number of ether oxygens (including phenoxy) is 3. The zero-order chi connectivity index (χ0) is 26.7. The minimum atomic E-state index is -1.06. The molecule has 0 N–H and O–H groups in total. The predicted octanol–water partition coefficient (Wildman–Crippen LogP) is 4.93. The van der Waals surface area contributed by atoms with Gasteiger partial charge in [0.2, 0.25) is 0 Å². The zero-order valence-corrected chi connectivity index (χ0v) is 21.9. The van der Waals surface area contributed by atoms with Gasteiger partial charge in [0, 0.05) is 23.2 Å². The largest absolute Gasteiger partial charge is 0.496 e. The van der Waals surface area contributed by atoms with E-state index >= 15 is 0 Å². The van der Waals surface area contributed by atoms with E-state index in [0.29, 0.717) is 29.2 Å². The summed E-state index contributed by atoms with van der Waals surface area (Å²) >= 11 is 0. The summed E-state index contributed by atoms with van der Waals surface area (Å²) in [4.78, 5) is 45.6. The molecule has 1 unspecified atom stereocenters. The monoisotopic (exact) mass is 503 g/mol. The predicted molar refractivity (Wildman–Crippen MR) is 140 cm³/mol. The summed E-state index contributed by atoms with van der Waals surface area (Å²) in [7, 11) is 1.57. The van der Waals surface area contributed by atoms with Gasteiger partial charge in [-0.3, -0.25) is 14.6 Å². The Bertz CT molecular complexity index is 1260. The third kappa shape index (κ3) is 4.95. The number of carbonyl (C=O) groups is 3. The third-order valence-corrected chi connectivity index (χ3v) is 7.16. The molecule has 1 aliphatic heterocycles. The molecule has 1 saturated carbocycles. The van der Waals surface area contributed by atoms with Gasteiger partial charge in [-0.05, 0) is 51.3 Å². The number of hydrogen-bond donors (Lipinski definition) is 0. The fraction of sp³-hybridized carbons (Fsp3) is 0.400. The topological polar surface area (TPSA) is 91.3 Å². The Hall–Kier alpha value is -3.74. The highest BCUT2D eigenvalue weighted by Crippen LogP contribution is 2.49. The molecular weight excluding hydrogens is 470 g/mol. The average molecular weight is 504 g/mol. The maximum atomic E-state index is 14.3. The number of aryl methyl sites for hydroxylation is 1. The molecule has 1 heterocycles. The van der Waals surface area contributed by atoms with Gasteiger partial charge in [-0.15, -0.1) is 0 Å². The fourth-order valence-corrected chi connectivity index (χ4v) is 5.56. The van der Waals surface area contributed by atoms with Gasteiger partial charge in [-0.25, -0.2) is 4.79 Å². The lowest BCUT2D eigenvalue weighted by Gasteiger charge is -2.41. The van der Waals surface area contributed by atoms with Gasteiger partial charge in [-0.2, -0.15) is 0 Å². The summed E-state index contributed by atoms with van der Waals surface area (Å²) in [6.07, 6.45) is 0.357. The van der Waals surface area contributed by atoms with Crippen molar-refractivity contribution in [2.45, 2.75) is 46.0 Å². The van der Waals surface area contributed by atoms with Gasteiger partial charge in [0.15, 0.2) is 5.78 Å². The van der Waals surface area contributed by atoms with E-state index in [1.165, 1.54) is 0 Å². The molecule has 2 aromatic carbocycles. The second-order valence-electron chi connectivity index (χ2n) is 9.37. The van der Waals surface area contributed by atoms with Crippen LogP contribution in [0.5, 0.6) is 5.75 Å². The number of allylic oxidation sites excluding steroid dienone is 1. The van der Waals surface area contributed by atoms with Gasteiger partial charge in [0.25, 0.3) is 0 Å². The molecule has 1 fully saturated rings. The molecule has 0 bridgehead atoms. The van der Waals surface area contributed by atoms with Crippen molar-refractivity contribution in [3.05, 3.63) is 76.5 Å². The number of Topliss-reactive ketones (excluding diaryl/α,β-unsaturated/α-hetero) is 1. The summed E-state index contributed by atoms with van der Waals surface area (Å²) in [5.41, 5.74) is 4.14. The Morgan fingerprint density at radius 1 is 0.946 bits per heavy atom. The van der Waals surface area contributed by atoms with Crippen molar-refractivity contribution in [2.24, 2.45) is 16.8 Å². The van der Waals surface area contributed by atoms with Crippen molar-refractivity contribution < 1.29 is 28.6 Å². The molecule has 0 radical (unpaired) electrons. The van der Waals surface area contributed by atoms with E-state index < -0.39 is 35.6 Å². The van der Waals surface area contributed by atoms with Gasteiger partial charge in [-0.1, -0.05) is 48.0 Å². The molecular formula is C30H33NO6. The minimum absolute atomic E-state index is 0.154. The van der Waals surface area contributed by atoms with E-state index in [4.69, 9.17) is 19.2 Å². The minimum Gasteiger partial charge on any atom is -0.496 e. The molecule has 0 amide bonds. The molecule has 2 aromatic rings. The molecule has 7 heteroatoms. The van der Waals surface area contributed by atoms with E-state index in [2.05, 4.69) is 0 Å². The normalized spacial score (nSPS) is 23.2. The number of esters is 2. The summed E-state index contributed by atoms with van der Waals surface area (Å²) in [6.45, 7) is 7.57. The van der Waals surface area contributed by atoms with E-state index in [-0.39, 0.29) is 19.0 Å². The van der Waals surface area contributed by atoms with Crippen molar-refractivity contribution in [2.75, 3.05) is 20.3 Å². The maximum Gasteiger partial charge on any atom is 0.336 e. The quantitative estimate of drug-likeness (QED) is 0.393. The molecule has 0 aromatic heterocycles. The smallest absolute Gasteiger partial charge is 0.336 e. The molecule has 37 heavy (non-hydrogen) atoms. The lowest BCUT2D eigenvalue weighted by atomic mass is 9.62. The van der Waals surface area contributed by atoms with E-state index in [1.807, 2.05) is 55.5 Å². The van der Waals surface area contributed by atoms with Crippen LogP contribution in [0.4, 0.5) is 0 Å². The number of para-hydroxylation sites is 1. The maximum absolute atomic E-state index is 14.3. The first-order chi connectivity index (χ1) is 17.8. The van der Waals surface area contributed by atoms with Crippen molar-refractivity contribution in [1.29, 1.82) is 0 Å². The van der Waals surface area contributed by atoms with Crippen molar-refractivity contribution in [1.82, 2.24) is 0 Å². The lowest BCUT2D eigenvalue weighted by Crippen LogP contribution is -2.48. The van der Waals surface area contributed by atoms with Crippen LogP contribution in [0.2, 0.25) is 0 Å². The molecule has 0 spiro atoms. The molecule has 4 atom stereocenters. The number of hydrogen-bond acceptors (Lipinski definition) is 7. The standard InChI is InChI=1S/C30H33NO6/c1-6-36-29(33)24-18(4)31-22-16-21(20-10-8-9-11-23(20)35-5)26(30(34)37-7-2)28(32)27(22)25(24)19-14-12-17(3)13-15-19/h8-15,21,25-27H,6-7,16H2,1-5H3/t21-,25+,26-,27?/m0/s1. The van der Waals surface area contributed by atoms with Crippen LogP contribution >= 0.6 is 0 Å². The molecule has 0 saturated heterocycles. The van der Waals surface area contributed by atoms with Crippen molar-refractivity contribution in [3.8, 4) is 5.75 Å². The highest BCUT2D eigenvalue weighted by Gasteiger charge is 2.53. The van der Waals surface area contributed by atoms with E-state index in [0.717, 1.165) is 16.7 Å². The van der Waals surface area contributed by atoms with Gasteiger partial charge in [0.1, 0.15) is 11.7 Å². The SMILES string of the molecule is CCOC(=O)C1=C(C)N=C2C[C@@H](c3ccccc3OC)[C@H](C(=O)OCC)C(=O)C2[C@@H]1c1ccc(C)cc1. The highest BCUT2D eigenvalue weighted by molar-refractivity contribution is 6.18. The van der Waals surface area contributed by atoms with E-state index in [1.54, 1.807) is 27.9 Å². The van der Waals surface area contributed by atoms with Crippen LogP contribution in [0, 0.1) is 18.8 Å². The first-order valence-electron chi connectivity index (χ1n) is 12.7. The first kappa shape index (κ1) is 26.3. The van der Waals surface area contributed by atoms with Crippen LogP contribution < -0.4 is 4.74 Å². The van der Waals surface area contributed by atoms with Gasteiger partial charge < -0.3 is 14.2 Å². The summed E-state index contributed by atoms with van der Waals surface area (Å²) in [5, 5.41) is 0. The molecule has 194 valence electrons. The number of ketones is 1. The van der Waals surface area contributed by atoms with Crippen LogP contribution in [0.3, 0.4) is 0 Å². The number of carbonyl (C=O) groups excluding carboxylic acids is 3. The Balaban J connectivity index is 1.91. The number of benzene rings is 2. The summed E-state index contributed by atoms with van der Waals surface area (Å²) in [6, 6.07) is 15.1. The second-order valence-corrected chi connectivity index (χ2v) is 9.37. The Labute approximate surface area is 217 Å². The number of rotatable bonds is 7. The molecule has 1 aliphatic carbocycles. The number of aliphatic imine (C=N–C) groups is 1. The average Bonchev–Trinajstić information content (AvgIpc) is 2.88. The fourth-order valence-electron chi connectivity index (χ4n) is 5.56. The number of nitrogens with zero attached hydrogens (tertiary/aromatic N) is 1. The first-order valence-corrected chi connectivity index (χ1v) is 12.7. The Morgan fingerprint density at radius 3 is 2.27 bits per heavy atom. The van der Waals surface area contributed by atoms with Crippen LogP contribution in [0.15, 0.2) is 64.8 Å². The zero-order valence-electron chi connectivity index (χ0n) is 21.9. The second kappa shape index (κ2) is 11.1. The van der Waals surface area contributed by atoms with Gasteiger partial charge >= 0.3 is 11.9 Å². The van der Waals surface area contributed by atoms with Gasteiger partial charge in [0.05, 0.1) is 31.8 Å². The van der Waals surface area contributed by atoms with Crippen LogP contribution in [0.25, 0.3) is 0 Å². The molecule has 7 nitrogen and oxygen atoms in total. The number of methoxy groups -OCH3 is 1. The van der Waals surface area contributed by atoms with Crippen LogP contribution in [-0.2, 0) is 23.9 Å². The van der Waals surface area contributed by atoms with Crippen LogP contribution in [0.1, 0.15) is 55.7 Å². The molecule has 2 aliphatic rings. The van der Waals surface area contributed by atoms with Crippen LogP contribution in [-0.4, -0.2) is 43.8 Å². The Kier molecular flexibility index (Phi) is 7.91. The number of fused-ring (bicyclic) bond motifs is 1. The summed E-state index contributed by atoms with van der Waals surface area (Å²) in [5.74, 6) is -3.75. The third-order valence-electron chi connectivity index (χ3n) is 7.16. The molecule has 4 rings (SSSR count).